The zero-order chi connectivity index (χ0) is 13.0. The summed E-state index contributed by atoms with van der Waals surface area (Å²) in [5.41, 5.74) is 1.04. The molecule has 0 atom stereocenters. The summed E-state index contributed by atoms with van der Waals surface area (Å²) >= 11 is 11.1. The lowest BCUT2D eigenvalue weighted by atomic mass is 10.2. The van der Waals surface area contributed by atoms with Crippen LogP contribution in [0, 0.1) is 0 Å². The third-order valence-corrected chi connectivity index (χ3v) is 3.95. The third kappa shape index (κ3) is 3.16. The number of methoxy groups -OCH3 is 1. The van der Waals surface area contributed by atoms with Crippen LogP contribution in [-0.2, 0) is 11.9 Å². The molecule has 1 aromatic carbocycles. The van der Waals surface area contributed by atoms with Gasteiger partial charge >= 0.3 is 0 Å². The number of hydrogen-bond acceptors (Lipinski definition) is 4. The van der Waals surface area contributed by atoms with Crippen LogP contribution in [0.3, 0.4) is 0 Å². The number of nitrogens with zero attached hydrogens (tertiary/aromatic N) is 1. The number of aromatic nitrogens is 1. The number of alkyl halides is 1. The molecule has 18 heavy (non-hydrogen) atoms. The van der Waals surface area contributed by atoms with Crippen molar-refractivity contribution in [3.63, 3.8) is 0 Å². The number of thiazole rings is 1. The van der Waals surface area contributed by atoms with Crippen LogP contribution in [0.25, 0.3) is 0 Å². The highest BCUT2D eigenvalue weighted by atomic mass is 79.9. The average molecular weight is 349 g/mol. The molecule has 0 unspecified atom stereocenters. The molecule has 6 heteroatoms. The van der Waals surface area contributed by atoms with Crippen molar-refractivity contribution in [1.29, 1.82) is 0 Å². The highest BCUT2D eigenvalue weighted by molar-refractivity contribution is 9.08. The van der Waals surface area contributed by atoms with Gasteiger partial charge in [0.25, 0.3) is 0 Å². The van der Waals surface area contributed by atoms with E-state index in [0.29, 0.717) is 23.1 Å². The summed E-state index contributed by atoms with van der Waals surface area (Å²) in [5, 5.41) is 4.07. The molecule has 0 spiro atoms. The molecule has 0 saturated heterocycles. The van der Waals surface area contributed by atoms with Gasteiger partial charge in [-0.05, 0) is 17.7 Å². The Morgan fingerprint density at radius 1 is 1.44 bits per heavy atom. The molecule has 96 valence electrons. The highest BCUT2D eigenvalue weighted by Gasteiger charge is 2.12. The van der Waals surface area contributed by atoms with Crippen molar-refractivity contribution >= 4 is 38.9 Å². The molecule has 1 heterocycles. The molecule has 0 aliphatic rings. The van der Waals surface area contributed by atoms with Gasteiger partial charge in [-0.2, -0.15) is 0 Å². The van der Waals surface area contributed by atoms with E-state index in [4.69, 9.17) is 21.1 Å². The van der Waals surface area contributed by atoms with E-state index in [-0.39, 0.29) is 0 Å². The Kier molecular flexibility index (Phi) is 4.86. The second kappa shape index (κ2) is 6.41. The van der Waals surface area contributed by atoms with Gasteiger partial charge < -0.3 is 9.47 Å². The molecule has 0 aliphatic carbocycles. The maximum atomic E-state index is 6.19. The Morgan fingerprint density at radius 2 is 2.28 bits per heavy atom. The monoisotopic (exact) mass is 347 g/mol. The summed E-state index contributed by atoms with van der Waals surface area (Å²) in [4.78, 5) is 4.15. The normalized spacial score (nSPS) is 10.4. The Labute approximate surface area is 123 Å². The molecule has 1 aromatic heterocycles. The van der Waals surface area contributed by atoms with Crippen LogP contribution < -0.4 is 9.47 Å². The van der Waals surface area contributed by atoms with Crippen LogP contribution in [0.1, 0.15) is 10.6 Å². The van der Waals surface area contributed by atoms with Crippen molar-refractivity contribution in [2.45, 2.75) is 11.9 Å². The average Bonchev–Trinajstić information content (AvgIpc) is 2.89. The molecule has 0 amide bonds. The van der Waals surface area contributed by atoms with E-state index < -0.39 is 0 Å². The van der Waals surface area contributed by atoms with Gasteiger partial charge in [0.1, 0.15) is 11.6 Å². The largest absolute Gasteiger partial charge is 0.493 e. The molecule has 0 N–H and O–H groups in total. The lowest BCUT2D eigenvalue weighted by Crippen LogP contribution is -1.98. The molecule has 2 aromatic rings. The molecule has 0 aliphatic heterocycles. The van der Waals surface area contributed by atoms with Crippen LogP contribution in [0.15, 0.2) is 23.7 Å². The number of rotatable bonds is 5. The van der Waals surface area contributed by atoms with E-state index in [0.717, 1.165) is 15.9 Å². The quantitative estimate of drug-likeness (QED) is 0.756. The second-order valence-electron chi connectivity index (χ2n) is 3.46. The van der Waals surface area contributed by atoms with Crippen molar-refractivity contribution in [2.75, 3.05) is 7.11 Å². The van der Waals surface area contributed by atoms with Crippen molar-refractivity contribution in [1.82, 2.24) is 4.98 Å². The van der Waals surface area contributed by atoms with E-state index in [1.54, 1.807) is 24.6 Å². The van der Waals surface area contributed by atoms with Crippen LogP contribution >= 0.6 is 38.9 Å². The SMILES string of the molecule is COc1cc(CBr)cc(Cl)c1OCc1nccs1. The van der Waals surface area contributed by atoms with Gasteiger partial charge in [0, 0.05) is 16.9 Å². The first-order valence-corrected chi connectivity index (χ1v) is 7.56. The van der Waals surface area contributed by atoms with Crippen molar-refractivity contribution < 1.29 is 9.47 Å². The van der Waals surface area contributed by atoms with Gasteiger partial charge in [0.15, 0.2) is 11.5 Å². The van der Waals surface area contributed by atoms with Gasteiger partial charge in [0.2, 0.25) is 0 Å². The number of benzene rings is 1. The van der Waals surface area contributed by atoms with Crippen LogP contribution in [0.5, 0.6) is 11.5 Å². The van der Waals surface area contributed by atoms with Crippen LogP contribution in [0.4, 0.5) is 0 Å². The molecule has 0 bridgehead atoms. The zero-order valence-corrected chi connectivity index (χ0v) is 12.8. The Morgan fingerprint density at radius 3 is 2.89 bits per heavy atom. The Hall–Kier alpha value is -0.780. The van der Waals surface area contributed by atoms with Crippen LogP contribution in [0.2, 0.25) is 5.02 Å². The van der Waals surface area contributed by atoms with E-state index in [2.05, 4.69) is 20.9 Å². The summed E-state index contributed by atoms with van der Waals surface area (Å²) < 4.78 is 11.0. The first-order chi connectivity index (χ1) is 8.74. The summed E-state index contributed by atoms with van der Waals surface area (Å²) in [5.74, 6) is 1.19. The number of ether oxygens (including phenoxy) is 2. The minimum absolute atomic E-state index is 0.390. The molecular formula is C12H11BrClNO2S. The van der Waals surface area contributed by atoms with E-state index >= 15 is 0 Å². The molecule has 0 fully saturated rings. The summed E-state index contributed by atoms with van der Waals surface area (Å²) in [6.07, 6.45) is 1.75. The van der Waals surface area contributed by atoms with Gasteiger partial charge in [-0.3, -0.25) is 0 Å². The smallest absolute Gasteiger partial charge is 0.180 e. The summed E-state index contributed by atoms with van der Waals surface area (Å²) in [6, 6.07) is 3.76. The predicted molar refractivity (Wildman–Crippen MR) is 77.1 cm³/mol. The fourth-order valence-corrected chi connectivity index (χ4v) is 2.59. The maximum absolute atomic E-state index is 6.19. The zero-order valence-electron chi connectivity index (χ0n) is 9.65. The lowest BCUT2D eigenvalue weighted by Gasteiger charge is -2.12. The van der Waals surface area contributed by atoms with Crippen LogP contribution in [-0.4, -0.2) is 12.1 Å². The number of hydrogen-bond donors (Lipinski definition) is 0. The van der Waals surface area contributed by atoms with Gasteiger partial charge in [-0.1, -0.05) is 27.5 Å². The Bertz CT molecular complexity index is 519. The molecule has 2 rings (SSSR count). The van der Waals surface area contributed by atoms with E-state index in [1.165, 1.54) is 0 Å². The van der Waals surface area contributed by atoms with Crippen molar-refractivity contribution in [3.8, 4) is 11.5 Å². The maximum Gasteiger partial charge on any atom is 0.180 e. The first-order valence-electron chi connectivity index (χ1n) is 5.18. The van der Waals surface area contributed by atoms with Crippen molar-refractivity contribution in [2.24, 2.45) is 0 Å². The van der Waals surface area contributed by atoms with E-state index in [1.807, 2.05) is 17.5 Å². The standard InChI is InChI=1S/C12H11BrClNO2S/c1-16-10-5-8(6-13)4-9(14)12(10)17-7-11-15-2-3-18-11/h2-5H,6-7H2,1H3. The lowest BCUT2D eigenvalue weighted by molar-refractivity contribution is 0.284. The summed E-state index contributed by atoms with van der Waals surface area (Å²) in [6.45, 7) is 0.390. The molecule has 3 nitrogen and oxygen atoms in total. The minimum atomic E-state index is 0.390. The Balaban J connectivity index is 2.20. The van der Waals surface area contributed by atoms with Crippen molar-refractivity contribution in [3.05, 3.63) is 39.3 Å². The fraction of sp³-hybridized carbons (Fsp3) is 0.250. The van der Waals surface area contributed by atoms with Gasteiger partial charge in [-0.25, -0.2) is 4.98 Å². The molecule has 0 radical (unpaired) electrons. The summed E-state index contributed by atoms with van der Waals surface area (Å²) in [7, 11) is 1.60. The third-order valence-electron chi connectivity index (χ3n) is 2.27. The van der Waals surface area contributed by atoms with Gasteiger partial charge in [-0.15, -0.1) is 11.3 Å². The predicted octanol–water partition coefficient (Wildman–Crippen LogP) is 4.28. The first kappa shape index (κ1) is 13.6. The molecular weight excluding hydrogens is 338 g/mol. The fourth-order valence-electron chi connectivity index (χ4n) is 1.45. The van der Waals surface area contributed by atoms with E-state index in [9.17, 15) is 0 Å². The number of halogens is 2. The van der Waals surface area contributed by atoms with Gasteiger partial charge in [0.05, 0.1) is 12.1 Å². The topological polar surface area (TPSA) is 31.4 Å². The highest BCUT2D eigenvalue weighted by Crippen LogP contribution is 2.37. The second-order valence-corrected chi connectivity index (χ2v) is 5.40. The minimum Gasteiger partial charge on any atom is -0.493 e. The molecule has 0 saturated carbocycles.